The number of benzene rings is 1. The molecule has 0 aliphatic carbocycles. The van der Waals surface area contributed by atoms with Gasteiger partial charge in [0, 0.05) is 18.2 Å². The average Bonchev–Trinajstić information content (AvgIpc) is 2.85. The van der Waals surface area contributed by atoms with Crippen LogP contribution in [0.1, 0.15) is 38.7 Å². The van der Waals surface area contributed by atoms with E-state index in [1.807, 2.05) is 12.1 Å². The molecule has 2 rings (SSSR count). The van der Waals surface area contributed by atoms with Crippen molar-refractivity contribution in [3.05, 3.63) is 34.9 Å². The molecule has 1 heterocycles. The number of nitrogens with zero attached hydrogens (tertiary/aromatic N) is 1. The monoisotopic (exact) mass is 295 g/mol. The van der Waals surface area contributed by atoms with Gasteiger partial charge in [0.2, 0.25) is 0 Å². The van der Waals surface area contributed by atoms with E-state index >= 15 is 0 Å². The molecule has 0 N–H and O–H groups in total. The SMILES string of the molecule is COC[C@H]1CCCN1CCC(C)(C)c1ccc(Cl)cc1. The van der Waals surface area contributed by atoms with Crippen LogP contribution in [0.25, 0.3) is 0 Å². The molecule has 0 unspecified atom stereocenters. The molecule has 0 amide bonds. The highest BCUT2D eigenvalue weighted by molar-refractivity contribution is 6.30. The predicted molar refractivity (Wildman–Crippen MR) is 85.6 cm³/mol. The summed E-state index contributed by atoms with van der Waals surface area (Å²) in [7, 11) is 1.80. The van der Waals surface area contributed by atoms with Crippen molar-refractivity contribution in [2.24, 2.45) is 0 Å². The number of likely N-dealkylation sites (tertiary alicyclic amines) is 1. The summed E-state index contributed by atoms with van der Waals surface area (Å²) in [6.45, 7) is 7.85. The van der Waals surface area contributed by atoms with E-state index in [1.54, 1.807) is 7.11 Å². The first-order valence-electron chi connectivity index (χ1n) is 7.52. The van der Waals surface area contributed by atoms with E-state index in [2.05, 4.69) is 30.9 Å². The summed E-state index contributed by atoms with van der Waals surface area (Å²) in [5.41, 5.74) is 1.55. The quantitative estimate of drug-likeness (QED) is 0.783. The molecule has 0 spiro atoms. The second-order valence-electron chi connectivity index (χ2n) is 6.43. The molecular formula is C17H26ClNO. The molecule has 112 valence electrons. The molecule has 20 heavy (non-hydrogen) atoms. The predicted octanol–water partition coefficient (Wildman–Crippen LogP) is 4.12. The third-order valence-electron chi connectivity index (χ3n) is 4.51. The first-order valence-corrected chi connectivity index (χ1v) is 7.90. The lowest BCUT2D eigenvalue weighted by Gasteiger charge is -2.30. The van der Waals surface area contributed by atoms with Crippen molar-refractivity contribution < 1.29 is 4.74 Å². The summed E-state index contributed by atoms with van der Waals surface area (Å²) in [6.07, 6.45) is 3.74. The minimum atomic E-state index is 0.185. The highest BCUT2D eigenvalue weighted by Gasteiger charge is 2.27. The molecule has 1 atom stereocenters. The van der Waals surface area contributed by atoms with Crippen molar-refractivity contribution in [3.63, 3.8) is 0 Å². The van der Waals surface area contributed by atoms with E-state index in [-0.39, 0.29) is 5.41 Å². The third kappa shape index (κ3) is 3.97. The second kappa shape index (κ2) is 6.93. The van der Waals surface area contributed by atoms with Crippen LogP contribution in [0.15, 0.2) is 24.3 Å². The maximum atomic E-state index is 5.97. The first-order chi connectivity index (χ1) is 9.53. The Bertz CT molecular complexity index is 416. The lowest BCUT2D eigenvalue weighted by atomic mass is 9.81. The van der Waals surface area contributed by atoms with Gasteiger partial charge in [-0.15, -0.1) is 0 Å². The molecule has 1 aliphatic heterocycles. The summed E-state index contributed by atoms with van der Waals surface area (Å²) < 4.78 is 5.33. The summed E-state index contributed by atoms with van der Waals surface area (Å²) in [6, 6.07) is 8.89. The Kier molecular flexibility index (Phi) is 5.48. The molecule has 1 aliphatic rings. The van der Waals surface area contributed by atoms with Gasteiger partial charge in [-0.1, -0.05) is 37.6 Å². The molecule has 2 nitrogen and oxygen atoms in total. The van der Waals surface area contributed by atoms with Gasteiger partial charge in [-0.2, -0.15) is 0 Å². The van der Waals surface area contributed by atoms with Crippen LogP contribution in [-0.4, -0.2) is 37.7 Å². The first kappa shape index (κ1) is 15.8. The Morgan fingerprint density at radius 2 is 2.00 bits per heavy atom. The maximum absolute atomic E-state index is 5.97. The fourth-order valence-corrected chi connectivity index (χ4v) is 3.17. The lowest BCUT2D eigenvalue weighted by Crippen LogP contribution is -2.36. The minimum absolute atomic E-state index is 0.185. The summed E-state index contributed by atoms with van der Waals surface area (Å²) in [5.74, 6) is 0. The number of halogens is 1. The van der Waals surface area contributed by atoms with Gasteiger partial charge in [0.1, 0.15) is 0 Å². The molecule has 3 heteroatoms. The maximum Gasteiger partial charge on any atom is 0.0618 e. The summed E-state index contributed by atoms with van der Waals surface area (Å²) in [4.78, 5) is 2.58. The van der Waals surface area contributed by atoms with Gasteiger partial charge in [0.05, 0.1) is 6.61 Å². The van der Waals surface area contributed by atoms with Gasteiger partial charge in [0.15, 0.2) is 0 Å². The molecule has 1 aromatic rings. The van der Waals surface area contributed by atoms with Crippen LogP contribution in [0, 0.1) is 0 Å². The Hall–Kier alpha value is -0.570. The highest BCUT2D eigenvalue weighted by Crippen LogP contribution is 2.29. The molecule has 0 bridgehead atoms. The zero-order chi connectivity index (χ0) is 14.6. The largest absolute Gasteiger partial charge is 0.383 e. The lowest BCUT2D eigenvalue weighted by molar-refractivity contribution is 0.111. The van der Waals surface area contributed by atoms with Gasteiger partial charge < -0.3 is 4.74 Å². The number of rotatable bonds is 6. The van der Waals surface area contributed by atoms with Gasteiger partial charge in [-0.25, -0.2) is 0 Å². The van der Waals surface area contributed by atoms with Crippen LogP contribution in [0.5, 0.6) is 0 Å². The van der Waals surface area contributed by atoms with E-state index in [4.69, 9.17) is 16.3 Å². The molecule has 0 saturated carbocycles. The Morgan fingerprint density at radius 1 is 1.30 bits per heavy atom. The minimum Gasteiger partial charge on any atom is -0.383 e. The average molecular weight is 296 g/mol. The molecule has 0 aromatic heterocycles. The van der Waals surface area contributed by atoms with Crippen molar-refractivity contribution in [3.8, 4) is 0 Å². The smallest absolute Gasteiger partial charge is 0.0618 e. The topological polar surface area (TPSA) is 12.5 Å². The Balaban J connectivity index is 1.93. The zero-order valence-corrected chi connectivity index (χ0v) is 13.6. The van der Waals surface area contributed by atoms with Crippen LogP contribution < -0.4 is 0 Å². The van der Waals surface area contributed by atoms with E-state index in [1.165, 1.54) is 24.9 Å². The van der Waals surface area contributed by atoms with E-state index in [0.717, 1.165) is 24.6 Å². The van der Waals surface area contributed by atoms with E-state index in [9.17, 15) is 0 Å². The number of methoxy groups -OCH3 is 1. The van der Waals surface area contributed by atoms with Crippen molar-refractivity contribution in [1.29, 1.82) is 0 Å². The van der Waals surface area contributed by atoms with Crippen molar-refractivity contribution in [2.75, 3.05) is 26.8 Å². The van der Waals surface area contributed by atoms with Crippen LogP contribution in [0.3, 0.4) is 0 Å². The van der Waals surface area contributed by atoms with Crippen LogP contribution >= 0.6 is 11.6 Å². The Labute approximate surface area is 128 Å². The van der Waals surface area contributed by atoms with E-state index < -0.39 is 0 Å². The molecule has 1 aromatic carbocycles. The number of ether oxygens (including phenoxy) is 1. The highest BCUT2D eigenvalue weighted by atomic mass is 35.5. The molecular weight excluding hydrogens is 270 g/mol. The van der Waals surface area contributed by atoms with Crippen LogP contribution in [-0.2, 0) is 10.2 Å². The van der Waals surface area contributed by atoms with Gasteiger partial charge in [-0.3, -0.25) is 4.90 Å². The fourth-order valence-electron chi connectivity index (χ4n) is 3.04. The molecule has 1 fully saturated rings. The van der Waals surface area contributed by atoms with Crippen molar-refractivity contribution in [1.82, 2.24) is 4.90 Å². The van der Waals surface area contributed by atoms with E-state index in [0.29, 0.717) is 6.04 Å². The zero-order valence-electron chi connectivity index (χ0n) is 12.9. The number of hydrogen-bond acceptors (Lipinski definition) is 2. The summed E-state index contributed by atoms with van der Waals surface area (Å²) >= 11 is 5.97. The third-order valence-corrected chi connectivity index (χ3v) is 4.76. The Morgan fingerprint density at radius 3 is 2.65 bits per heavy atom. The van der Waals surface area contributed by atoms with Crippen molar-refractivity contribution >= 4 is 11.6 Å². The normalized spacial score (nSPS) is 20.5. The fraction of sp³-hybridized carbons (Fsp3) is 0.647. The second-order valence-corrected chi connectivity index (χ2v) is 6.86. The summed E-state index contributed by atoms with van der Waals surface area (Å²) in [5, 5.41) is 0.809. The van der Waals surface area contributed by atoms with Gasteiger partial charge in [-0.05, 0) is 55.5 Å². The van der Waals surface area contributed by atoms with Crippen molar-refractivity contribution in [2.45, 2.75) is 44.6 Å². The number of hydrogen-bond donors (Lipinski definition) is 0. The van der Waals surface area contributed by atoms with Crippen LogP contribution in [0.2, 0.25) is 5.02 Å². The van der Waals surface area contributed by atoms with Crippen LogP contribution in [0.4, 0.5) is 0 Å². The van der Waals surface area contributed by atoms with Gasteiger partial charge in [0.25, 0.3) is 0 Å². The van der Waals surface area contributed by atoms with Gasteiger partial charge >= 0.3 is 0 Å². The molecule has 1 saturated heterocycles. The standard InChI is InChI=1S/C17H26ClNO/c1-17(2,14-6-8-15(18)9-7-14)10-12-19-11-4-5-16(19)13-20-3/h6-9,16H,4-5,10-13H2,1-3H3/t16-/m1/s1. The molecule has 0 radical (unpaired) electrons.